The van der Waals surface area contributed by atoms with Gasteiger partial charge in [-0.1, -0.05) is 24.6 Å². The molecular weight excluding hydrogens is 270 g/mol. The van der Waals surface area contributed by atoms with Gasteiger partial charge in [-0.15, -0.1) is 0 Å². The minimum atomic E-state index is 0.732. The first-order chi connectivity index (χ1) is 9.77. The Kier molecular flexibility index (Phi) is 9.54. The fourth-order valence-corrected chi connectivity index (χ4v) is 2.48. The van der Waals surface area contributed by atoms with Crippen LogP contribution in [0.4, 0.5) is 0 Å². The van der Waals surface area contributed by atoms with Crippen LogP contribution in [-0.2, 0) is 11.3 Å². The van der Waals surface area contributed by atoms with Crippen LogP contribution in [0.3, 0.4) is 0 Å². The third-order valence-corrected chi connectivity index (χ3v) is 3.89. The van der Waals surface area contributed by atoms with Crippen LogP contribution >= 0.6 is 11.8 Å². The van der Waals surface area contributed by atoms with E-state index in [0.29, 0.717) is 0 Å². The van der Waals surface area contributed by atoms with Gasteiger partial charge in [-0.25, -0.2) is 0 Å². The van der Waals surface area contributed by atoms with E-state index >= 15 is 0 Å². The molecule has 0 bridgehead atoms. The molecule has 3 nitrogen and oxygen atoms in total. The summed E-state index contributed by atoms with van der Waals surface area (Å²) in [6.07, 6.45) is 1.10. The Bertz CT molecular complexity index is 371. The summed E-state index contributed by atoms with van der Waals surface area (Å²) in [7, 11) is 1.72. The number of methoxy groups -OCH3 is 1. The topological polar surface area (TPSA) is 30.5 Å². The van der Waals surface area contributed by atoms with Crippen molar-refractivity contribution in [3.8, 4) is 5.75 Å². The van der Waals surface area contributed by atoms with Crippen molar-refractivity contribution < 1.29 is 9.47 Å². The summed E-state index contributed by atoms with van der Waals surface area (Å²) >= 11 is 1.96. The highest BCUT2D eigenvalue weighted by molar-refractivity contribution is 7.99. The van der Waals surface area contributed by atoms with Crippen molar-refractivity contribution in [1.82, 2.24) is 5.32 Å². The predicted molar refractivity (Wildman–Crippen MR) is 87.9 cm³/mol. The van der Waals surface area contributed by atoms with Crippen LogP contribution in [0.1, 0.15) is 24.5 Å². The molecule has 0 saturated carbocycles. The molecule has 0 radical (unpaired) electrons. The van der Waals surface area contributed by atoms with Crippen molar-refractivity contribution in [2.75, 3.05) is 38.4 Å². The van der Waals surface area contributed by atoms with Gasteiger partial charge in [0.1, 0.15) is 5.75 Å². The molecular formula is C16H27NO2S. The second kappa shape index (κ2) is 11.0. The van der Waals surface area contributed by atoms with Gasteiger partial charge in [-0.2, -0.15) is 11.8 Å². The van der Waals surface area contributed by atoms with E-state index < -0.39 is 0 Å². The third kappa shape index (κ3) is 7.17. The molecule has 0 fully saturated rings. The summed E-state index contributed by atoms with van der Waals surface area (Å²) in [5, 5.41) is 3.37. The molecule has 0 spiro atoms. The molecule has 0 saturated heterocycles. The lowest BCUT2D eigenvalue weighted by atomic mass is 10.1. The molecule has 4 heteroatoms. The number of benzene rings is 1. The van der Waals surface area contributed by atoms with Crippen LogP contribution in [0.5, 0.6) is 5.75 Å². The van der Waals surface area contributed by atoms with Gasteiger partial charge in [0.05, 0.1) is 13.2 Å². The lowest BCUT2D eigenvalue weighted by Crippen LogP contribution is -2.19. The van der Waals surface area contributed by atoms with Gasteiger partial charge in [0, 0.05) is 25.8 Å². The Morgan fingerprint density at radius 1 is 1.25 bits per heavy atom. The van der Waals surface area contributed by atoms with Gasteiger partial charge >= 0.3 is 0 Å². The van der Waals surface area contributed by atoms with Gasteiger partial charge < -0.3 is 14.8 Å². The molecule has 114 valence electrons. The van der Waals surface area contributed by atoms with Crippen LogP contribution in [0.15, 0.2) is 18.2 Å². The third-order valence-electron chi connectivity index (χ3n) is 2.91. The Morgan fingerprint density at radius 3 is 2.85 bits per heavy atom. The number of aryl methyl sites for hydroxylation is 1. The van der Waals surface area contributed by atoms with E-state index in [0.717, 1.165) is 38.5 Å². The normalized spacial score (nSPS) is 10.8. The number of thioether (sulfide) groups is 1. The largest absolute Gasteiger partial charge is 0.493 e. The fourth-order valence-electron chi connectivity index (χ4n) is 1.87. The molecule has 1 rings (SSSR count). The average Bonchev–Trinajstić information content (AvgIpc) is 2.45. The summed E-state index contributed by atoms with van der Waals surface area (Å²) in [6, 6.07) is 6.38. The summed E-state index contributed by atoms with van der Waals surface area (Å²) < 4.78 is 11.0. The standard InChI is InChI=1S/C16H27NO2S/c1-4-20-11-5-9-19-16-7-6-14(2)12-15(16)13-17-8-10-18-3/h6-7,12,17H,4-5,8-11,13H2,1-3H3. The van der Waals surface area contributed by atoms with Gasteiger partial charge in [-0.05, 0) is 30.9 Å². The van der Waals surface area contributed by atoms with Crippen LogP contribution < -0.4 is 10.1 Å². The lowest BCUT2D eigenvalue weighted by molar-refractivity contribution is 0.199. The number of hydrogen-bond acceptors (Lipinski definition) is 4. The van der Waals surface area contributed by atoms with Crippen LogP contribution in [0.2, 0.25) is 0 Å². The molecule has 0 aliphatic rings. The molecule has 20 heavy (non-hydrogen) atoms. The number of hydrogen-bond donors (Lipinski definition) is 1. The highest BCUT2D eigenvalue weighted by Crippen LogP contribution is 2.20. The Morgan fingerprint density at radius 2 is 2.10 bits per heavy atom. The molecule has 0 heterocycles. The second-order valence-electron chi connectivity index (χ2n) is 4.68. The molecule has 1 N–H and O–H groups in total. The first kappa shape index (κ1) is 17.3. The molecule has 0 atom stereocenters. The molecule has 1 aromatic rings. The van der Waals surface area contributed by atoms with E-state index in [1.165, 1.54) is 22.6 Å². The van der Waals surface area contributed by atoms with Gasteiger partial charge in [0.2, 0.25) is 0 Å². The molecule has 1 aromatic carbocycles. The predicted octanol–water partition coefficient (Wildman–Crippen LogP) is 3.25. The summed E-state index contributed by atoms with van der Waals surface area (Å²) in [5.74, 6) is 3.35. The van der Waals surface area contributed by atoms with Crippen molar-refractivity contribution in [1.29, 1.82) is 0 Å². The van der Waals surface area contributed by atoms with Crippen molar-refractivity contribution in [3.05, 3.63) is 29.3 Å². The molecule has 0 aliphatic heterocycles. The first-order valence-corrected chi connectivity index (χ1v) is 8.43. The summed E-state index contributed by atoms with van der Waals surface area (Å²) in [4.78, 5) is 0. The van der Waals surface area contributed by atoms with Gasteiger partial charge in [-0.3, -0.25) is 0 Å². The Labute approximate surface area is 127 Å². The average molecular weight is 297 g/mol. The van der Waals surface area contributed by atoms with E-state index in [2.05, 4.69) is 37.4 Å². The van der Waals surface area contributed by atoms with Gasteiger partial charge in [0.25, 0.3) is 0 Å². The SMILES string of the molecule is CCSCCCOc1ccc(C)cc1CNCCOC. The van der Waals surface area contributed by atoms with E-state index in [4.69, 9.17) is 9.47 Å². The second-order valence-corrected chi connectivity index (χ2v) is 6.07. The molecule has 0 aromatic heterocycles. The lowest BCUT2D eigenvalue weighted by Gasteiger charge is -2.13. The Hall–Kier alpha value is -0.710. The minimum absolute atomic E-state index is 0.732. The molecule has 0 amide bonds. The van der Waals surface area contributed by atoms with E-state index in [9.17, 15) is 0 Å². The van der Waals surface area contributed by atoms with Crippen molar-refractivity contribution in [3.63, 3.8) is 0 Å². The van der Waals surface area contributed by atoms with Crippen molar-refractivity contribution >= 4 is 11.8 Å². The zero-order valence-electron chi connectivity index (χ0n) is 12.9. The highest BCUT2D eigenvalue weighted by Gasteiger charge is 2.04. The zero-order chi connectivity index (χ0) is 14.6. The van der Waals surface area contributed by atoms with Crippen molar-refractivity contribution in [2.24, 2.45) is 0 Å². The number of ether oxygens (including phenoxy) is 2. The number of nitrogens with one attached hydrogen (secondary N) is 1. The van der Waals surface area contributed by atoms with E-state index in [1.807, 2.05) is 11.8 Å². The fraction of sp³-hybridized carbons (Fsp3) is 0.625. The summed E-state index contributed by atoms with van der Waals surface area (Å²) in [5.41, 5.74) is 2.49. The maximum atomic E-state index is 5.91. The van der Waals surface area contributed by atoms with Crippen LogP contribution in [0, 0.1) is 6.92 Å². The maximum absolute atomic E-state index is 5.91. The Balaban J connectivity index is 2.42. The smallest absolute Gasteiger partial charge is 0.123 e. The quantitative estimate of drug-likeness (QED) is 0.635. The highest BCUT2D eigenvalue weighted by atomic mass is 32.2. The van der Waals surface area contributed by atoms with Crippen LogP contribution in [0.25, 0.3) is 0 Å². The van der Waals surface area contributed by atoms with E-state index in [1.54, 1.807) is 7.11 Å². The van der Waals surface area contributed by atoms with Crippen LogP contribution in [-0.4, -0.2) is 38.4 Å². The summed E-state index contributed by atoms with van der Waals surface area (Å²) in [6.45, 7) is 7.51. The zero-order valence-corrected chi connectivity index (χ0v) is 13.7. The number of rotatable bonds is 11. The molecule has 0 unspecified atom stereocenters. The minimum Gasteiger partial charge on any atom is -0.493 e. The van der Waals surface area contributed by atoms with Gasteiger partial charge in [0.15, 0.2) is 0 Å². The van der Waals surface area contributed by atoms with E-state index in [-0.39, 0.29) is 0 Å². The molecule has 0 aliphatic carbocycles. The monoisotopic (exact) mass is 297 g/mol. The van der Waals surface area contributed by atoms with Crippen molar-refractivity contribution in [2.45, 2.75) is 26.8 Å². The maximum Gasteiger partial charge on any atom is 0.123 e. The first-order valence-electron chi connectivity index (χ1n) is 7.27.